The highest BCUT2D eigenvalue weighted by Crippen LogP contribution is 2.40. The number of sulfonamides is 2. The van der Waals surface area contributed by atoms with Crippen molar-refractivity contribution in [2.75, 3.05) is 17.6 Å². The van der Waals surface area contributed by atoms with E-state index in [2.05, 4.69) is 22.7 Å². The highest BCUT2D eigenvalue weighted by atomic mass is 32.2. The van der Waals surface area contributed by atoms with Crippen LogP contribution in [0.1, 0.15) is 31.4 Å². The van der Waals surface area contributed by atoms with E-state index in [1.54, 1.807) is 38.1 Å². The van der Waals surface area contributed by atoms with E-state index in [1.165, 1.54) is 0 Å². The number of alkyl halides is 3. The number of rotatable bonds is 7. The molecule has 4 rings (SSSR count). The number of hydrogen-bond donors (Lipinski definition) is 5. The van der Waals surface area contributed by atoms with E-state index >= 15 is 0 Å². The summed E-state index contributed by atoms with van der Waals surface area (Å²) >= 11 is 4.13. The number of carbonyl (C=O) groups is 2. The number of imide groups is 1. The molecule has 2 heterocycles. The molecule has 2 aromatic carbocycles. The van der Waals surface area contributed by atoms with Crippen molar-refractivity contribution in [3.8, 4) is 5.75 Å². The van der Waals surface area contributed by atoms with Crippen LogP contribution in [-0.4, -0.2) is 69.0 Å². The molecule has 5 N–H and O–H groups in total. The average molecular weight is 668 g/mol. The summed E-state index contributed by atoms with van der Waals surface area (Å²) in [6, 6.07) is 6.56. The molecule has 3 unspecified atom stereocenters. The van der Waals surface area contributed by atoms with Crippen LogP contribution in [0.3, 0.4) is 0 Å². The fourth-order valence-corrected chi connectivity index (χ4v) is 7.73. The number of ether oxygens (including phenoxy) is 1. The van der Waals surface area contributed by atoms with Gasteiger partial charge in [0.1, 0.15) is 23.2 Å². The molecule has 1 fully saturated rings. The number of fused-ring (bicyclic) bond motifs is 1. The minimum atomic E-state index is -5.13. The van der Waals surface area contributed by atoms with Crippen molar-refractivity contribution in [1.29, 1.82) is 0 Å². The summed E-state index contributed by atoms with van der Waals surface area (Å²) in [6.07, 6.45) is -7.78. The number of quaternary nitrogens is 1. The number of carboxylic acid groups (broad SMARTS) is 1. The fraction of sp³-hybridized carbons (Fsp3) is 0.440. The highest BCUT2D eigenvalue weighted by Gasteiger charge is 2.58. The van der Waals surface area contributed by atoms with E-state index in [-0.39, 0.29) is 18.7 Å². The van der Waals surface area contributed by atoms with Crippen molar-refractivity contribution in [1.82, 2.24) is 4.72 Å². The quantitative estimate of drug-likeness (QED) is 0.219. The van der Waals surface area contributed by atoms with Crippen LogP contribution in [0.15, 0.2) is 46.2 Å². The lowest BCUT2D eigenvalue weighted by atomic mass is 10.1. The van der Waals surface area contributed by atoms with E-state index in [0.29, 0.717) is 29.9 Å². The highest BCUT2D eigenvalue weighted by molar-refractivity contribution is 7.90. The summed E-state index contributed by atoms with van der Waals surface area (Å²) in [4.78, 5) is 23.1. The maximum atomic E-state index is 13.6. The van der Waals surface area contributed by atoms with Crippen LogP contribution in [0, 0.1) is 5.92 Å². The van der Waals surface area contributed by atoms with Gasteiger partial charge in [-0.2, -0.15) is 39.8 Å². The van der Waals surface area contributed by atoms with Crippen LogP contribution < -0.4 is 19.9 Å². The molecule has 12 nitrogen and oxygen atoms in total. The third-order valence-electron chi connectivity index (χ3n) is 7.55. The molecule has 0 bridgehead atoms. The minimum absolute atomic E-state index is 0.0210. The number of amides is 2. The standard InChI is InChI=1S/C25H29F3N4O8S3/c1-13(12-41)23(33)32(24(34)35)11-17(7-14(32)2)40-16-5-3-15(4-6-16)8-22-30-19-9-18(25(26,27)28)20(42(29,36)37)10-21(19)43(38,39)31-22/h3-6,9-10,13-14,17,22,30-31H,7-8,11-12H2,1-2H3,(H3-,29,34,35,36,37,41)/p+1/t13-,14?,17?,22?,32+/m1/s1. The van der Waals surface area contributed by atoms with E-state index < -0.39 is 88.0 Å². The van der Waals surface area contributed by atoms with Gasteiger partial charge < -0.3 is 15.2 Å². The number of nitrogens with one attached hydrogen (secondary N) is 2. The number of nitrogens with two attached hydrogens (primary N) is 1. The molecule has 5 atom stereocenters. The number of nitrogens with zero attached hydrogens (tertiary/aromatic N) is 1. The molecule has 18 heteroatoms. The Hall–Kier alpha value is -2.90. The predicted molar refractivity (Wildman–Crippen MR) is 150 cm³/mol. The van der Waals surface area contributed by atoms with Gasteiger partial charge in [-0.1, -0.05) is 12.1 Å². The molecular weight excluding hydrogens is 637 g/mol. The molecule has 2 aromatic rings. The number of primary sulfonamides is 1. The first-order chi connectivity index (χ1) is 19.8. The van der Waals surface area contributed by atoms with Crippen LogP contribution in [0.25, 0.3) is 0 Å². The maximum Gasteiger partial charge on any atom is 0.521 e. The summed E-state index contributed by atoms with van der Waals surface area (Å²) < 4.78 is 97.5. The summed E-state index contributed by atoms with van der Waals surface area (Å²) in [7, 11) is -9.33. The zero-order valence-electron chi connectivity index (χ0n) is 22.8. The first-order valence-corrected chi connectivity index (χ1v) is 16.5. The Balaban J connectivity index is 1.51. The lowest BCUT2D eigenvalue weighted by Crippen LogP contribution is -2.61. The number of anilines is 1. The third-order valence-corrected chi connectivity index (χ3v) is 10.6. The summed E-state index contributed by atoms with van der Waals surface area (Å²) in [6.45, 7) is 3.22. The molecule has 236 valence electrons. The number of hydrogen-bond acceptors (Lipinski definition) is 9. The van der Waals surface area contributed by atoms with Crippen molar-refractivity contribution in [3.05, 3.63) is 47.5 Å². The molecule has 0 radical (unpaired) electrons. The zero-order valence-corrected chi connectivity index (χ0v) is 25.4. The Kier molecular flexibility index (Phi) is 8.86. The Morgan fingerprint density at radius 2 is 1.86 bits per heavy atom. The normalized spacial score (nSPS) is 25.8. The molecule has 1 saturated heterocycles. The Morgan fingerprint density at radius 1 is 1.23 bits per heavy atom. The molecule has 43 heavy (non-hydrogen) atoms. The molecule has 2 aliphatic rings. The third kappa shape index (κ3) is 6.48. The molecular formula is C25H30F3N4O8S3+. The average Bonchev–Trinajstić information content (AvgIpc) is 3.23. The Morgan fingerprint density at radius 3 is 2.40 bits per heavy atom. The smallest absolute Gasteiger partial charge is 0.484 e. The van der Waals surface area contributed by atoms with Gasteiger partial charge in [-0.25, -0.2) is 26.8 Å². The number of halogens is 3. The largest absolute Gasteiger partial charge is 0.521 e. The second kappa shape index (κ2) is 11.6. The number of benzene rings is 2. The molecule has 0 saturated carbocycles. The van der Waals surface area contributed by atoms with Gasteiger partial charge in [0.2, 0.25) is 20.0 Å². The van der Waals surface area contributed by atoms with Crippen LogP contribution in [0.4, 0.5) is 23.7 Å². The number of carbonyl (C=O) groups excluding carboxylic acids is 1. The first kappa shape index (κ1) is 33.0. The molecule has 2 amide bonds. The fourth-order valence-electron chi connectivity index (χ4n) is 5.41. The van der Waals surface area contributed by atoms with Crippen molar-refractivity contribution < 1.29 is 53.9 Å². The number of likely N-dealkylation sites (tertiary alicyclic amines) is 1. The van der Waals surface area contributed by atoms with Crippen LogP contribution >= 0.6 is 12.6 Å². The van der Waals surface area contributed by atoms with Gasteiger partial charge in [0.05, 0.1) is 28.2 Å². The predicted octanol–water partition coefficient (Wildman–Crippen LogP) is 2.75. The van der Waals surface area contributed by atoms with Gasteiger partial charge in [0.25, 0.3) is 0 Å². The molecule has 2 aliphatic heterocycles. The van der Waals surface area contributed by atoms with E-state index in [0.717, 1.165) is 0 Å². The van der Waals surface area contributed by atoms with Crippen molar-refractivity contribution in [3.63, 3.8) is 0 Å². The minimum Gasteiger partial charge on any atom is -0.484 e. The van der Waals surface area contributed by atoms with Crippen LogP contribution in [0.2, 0.25) is 0 Å². The van der Waals surface area contributed by atoms with E-state index in [9.17, 15) is 44.7 Å². The lowest BCUT2D eigenvalue weighted by Gasteiger charge is -2.31. The zero-order chi connectivity index (χ0) is 32.1. The second-order valence-corrected chi connectivity index (χ2v) is 14.2. The molecule has 0 aliphatic carbocycles. The van der Waals surface area contributed by atoms with Crippen molar-refractivity contribution in [2.45, 2.75) is 61.0 Å². The van der Waals surface area contributed by atoms with Gasteiger partial charge in [0, 0.05) is 18.6 Å². The first-order valence-electron chi connectivity index (χ1n) is 12.9. The SMILES string of the molecule is CC1CC(Oc2ccc(CC3Nc4cc(C(F)(F)F)c(S(N)(=O)=O)cc4S(=O)(=O)N3)cc2)C[N@@+]1(C(=O)O)C(=O)[C@H](C)CS. The van der Waals surface area contributed by atoms with E-state index in [1.807, 2.05) is 0 Å². The second-order valence-electron chi connectivity index (χ2n) is 10.6. The van der Waals surface area contributed by atoms with Crippen molar-refractivity contribution >= 4 is 50.4 Å². The van der Waals surface area contributed by atoms with Gasteiger partial charge in [-0.3, -0.25) is 0 Å². The lowest BCUT2D eigenvalue weighted by molar-refractivity contribution is -0.795. The Bertz CT molecular complexity index is 1650. The van der Waals surface area contributed by atoms with Crippen molar-refractivity contribution in [2.24, 2.45) is 11.1 Å². The number of thiol groups is 1. The van der Waals surface area contributed by atoms with Gasteiger partial charge in [-0.15, -0.1) is 0 Å². The van der Waals surface area contributed by atoms with E-state index in [4.69, 9.17) is 9.88 Å². The van der Waals surface area contributed by atoms with Gasteiger partial charge >= 0.3 is 18.2 Å². The Labute approximate surface area is 251 Å². The monoisotopic (exact) mass is 667 g/mol. The molecule has 0 spiro atoms. The van der Waals surface area contributed by atoms with Crippen LogP contribution in [-0.2, 0) is 37.4 Å². The van der Waals surface area contributed by atoms with Gasteiger partial charge in [-0.05, 0) is 43.7 Å². The maximum absolute atomic E-state index is 13.6. The topological polar surface area (TPSA) is 182 Å². The molecule has 0 aromatic heterocycles. The summed E-state index contributed by atoms with van der Waals surface area (Å²) in [5.74, 6) is -0.463. The van der Waals surface area contributed by atoms with Crippen LogP contribution in [0.5, 0.6) is 5.75 Å². The summed E-state index contributed by atoms with van der Waals surface area (Å²) in [5, 5.41) is 17.5. The van der Waals surface area contributed by atoms with Gasteiger partial charge in [0.15, 0.2) is 6.10 Å². The summed E-state index contributed by atoms with van der Waals surface area (Å²) in [5.41, 5.74) is -1.49.